The molecule has 2 fully saturated rings. The van der Waals surface area contributed by atoms with Crippen LogP contribution in [0.5, 0.6) is 0 Å². The first-order valence-electron chi connectivity index (χ1n) is 10.4. The fourth-order valence-electron chi connectivity index (χ4n) is 4.54. The van der Waals surface area contributed by atoms with Crippen LogP contribution in [0.4, 0.5) is 0 Å². The summed E-state index contributed by atoms with van der Waals surface area (Å²) in [4.78, 5) is 17.5. The zero-order chi connectivity index (χ0) is 19.6. The number of hydrogen-bond acceptors (Lipinski definition) is 4. The first kappa shape index (κ1) is 19.7. The molecule has 7 heteroatoms. The summed E-state index contributed by atoms with van der Waals surface area (Å²) >= 11 is 6.44. The van der Waals surface area contributed by atoms with E-state index in [0.717, 1.165) is 63.7 Å². The molecule has 3 heterocycles. The van der Waals surface area contributed by atoms with Gasteiger partial charge in [-0.2, -0.15) is 0 Å². The van der Waals surface area contributed by atoms with E-state index < -0.39 is 5.60 Å². The maximum Gasteiger partial charge on any atom is 0.253 e. The normalized spacial score (nSPS) is 22.3. The second-order valence-electron chi connectivity index (χ2n) is 8.30. The molecule has 1 saturated heterocycles. The molecule has 3 N–H and O–H groups in total. The van der Waals surface area contributed by atoms with Gasteiger partial charge in [0.05, 0.1) is 21.6 Å². The molecule has 1 amide bonds. The molecule has 6 nitrogen and oxygen atoms in total. The van der Waals surface area contributed by atoms with Crippen LogP contribution in [0.25, 0.3) is 11.0 Å². The van der Waals surface area contributed by atoms with Gasteiger partial charge in [-0.1, -0.05) is 37.3 Å². The molecule has 1 atom stereocenters. The number of halogens is 1. The van der Waals surface area contributed by atoms with E-state index in [4.69, 9.17) is 11.6 Å². The lowest BCUT2D eigenvalue weighted by molar-refractivity contribution is 0.0246. The predicted molar refractivity (Wildman–Crippen MR) is 111 cm³/mol. The first-order chi connectivity index (χ1) is 13.6. The van der Waals surface area contributed by atoms with Gasteiger partial charge >= 0.3 is 0 Å². The zero-order valence-electron chi connectivity index (χ0n) is 16.2. The summed E-state index contributed by atoms with van der Waals surface area (Å²) < 4.78 is 2.03. The van der Waals surface area contributed by atoms with E-state index in [9.17, 15) is 9.90 Å². The van der Waals surface area contributed by atoms with Crippen molar-refractivity contribution in [1.29, 1.82) is 0 Å². The summed E-state index contributed by atoms with van der Waals surface area (Å²) in [6, 6.07) is 2.11. The first-order valence-corrected chi connectivity index (χ1v) is 10.8. The topological polar surface area (TPSA) is 79.2 Å². The van der Waals surface area contributed by atoms with Crippen LogP contribution in [0.1, 0.15) is 61.7 Å². The summed E-state index contributed by atoms with van der Waals surface area (Å²) in [6.45, 7) is 2.08. The Hall–Kier alpha value is -1.63. The Morgan fingerprint density at radius 1 is 1.32 bits per heavy atom. The van der Waals surface area contributed by atoms with E-state index in [1.54, 1.807) is 12.3 Å². The Kier molecular flexibility index (Phi) is 5.90. The molecule has 4 rings (SSSR count). The van der Waals surface area contributed by atoms with E-state index in [2.05, 4.69) is 15.6 Å². The lowest BCUT2D eigenvalue weighted by Crippen LogP contribution is -2.42. The Morgan fingerprint density at radius 2 is 2.11 bits per heavy atom. The van der Waals surface area contributed by atoms with E-state index in [1.165, 1.54) is 6.42 Å². The zero-order valence-corrected chi connectivity index (χ0v) is 17.0. The molecule has 152 valence electrons. The number of nitrogens with one attached hydrogen (secondary N) is 2. The van der Waals surface area contributed by atoms with Crippen molar-refractivity contribution in [3.05, 3.63) is 29.0 Å². The molecule has 0 aromatic carbocycles. The van der Waals surface area contributed by atoms with Crippen molar-refractivity contribution >= 4 is 28.5 Å². The monoisotopic (exact) mass is 404 g/mol. The fourth-order valence-corrected chi connectivity index (χ4v) is 4.78. The van der Waals surface area contributed by atoms with Crippen LogP contribution in [-0.4, -0.2) is 45.3 Å². The van der Waals surface area contributed by atoms with Gasteiger partial charge in [-0.25, -0.2) is 4.98 Å². The fraction of sp³-hybridized carbons (Fsp3) is 0.619. The van der Waals surface area contributed by atoms with Crippen LogP contribution in [-0.2, 0) is 6.54 Å². The molecule has 0 unspecified atom stereocenters. The minimum Gasteiger partial charge on any atom is -0.388 e. The highest BCUT2D eigenvalue weighted by atomic mass is 35.5. The number of fused-ring (bicyclic) bond motifs is 1. The smallest absolute Gasteiger partial charge is 0.253 e. The highest BCUT2D eigenvalue weighted by Gasteiger charge is 2.29. The number of rotatable bonds is 5. The third kappa shape index (κ3) is 4.19. The molecule has 2 aromatic heterocycles. The number of carbonyl (C=O) groups excluding carboxylic acids is 1. The quantitative estimate of drug-likeness (QED) is 0.668. The van der Waals surface area contributed by atoms with Crippen LogP contribution < -0.4 is 10.6 Å². The third-order valence-electron chi connectivity index (χ3n) is 6.14. The van der Waals surface area contributed by atoms with Gasteiger partial charge in [-0.3, -0.25) is 4.79 Å². The number of pyridine rings is 1. The molecule has 2 aromatic rings. The molecule has 1 aliphatic carbocycles. The number of carbonyl (C=O) groups is 1. The van der Waals surface area contributed by atoms with E-state index >= 15 is 0 Å². The summed E-state index contributed by atoms with van der Waals surface area (Å²) in [5.74, 6) is -0.198. The molecule has 28 heavy (non-hydrogen) atoms. The van der Waals surface area contributed by atoms with Crippen LogP contribution in [0, 0.1) is 0 Å². The van der Waals surface area contributed by atoms with Crippen molar-refractivity contribution in [2.75, 3.05) is 13.1 Å². The standard InChI is InChI=1S/C21H29ClN4O2/c22-17-7-11-24-19-18(17)16(13-26(19)12-15-6-5-10-23-15)20(27)25-14-21(28)8-3-1-2-4-9-21/h7,11,13,15,23,28H,1-6,8-10,12,14H2,(H,25,27)/t15-/m0/s1. The summed E-state index contributed by atoms with van der Waals surface area (Å²) in [5, 5.41) is 18.5. The maximum atomic E-state index is 13.0. The van der Waals surface area contributed by atoms with Gasteiger partial charge in [0, 0.05) is 31.5 Å². The summed E-state index contributed by atoms with van der Waals surface area (Å²) in [7, 11) is 0. The maximum absolute atomic E-state index is 13.0. The van der Waals surface area contributed by atoms with Gasteiger partial charge in [0.25, 0.3) is 5.91 Å². The summed E-state index contributed by atoms with van der Waals surface area (Å²) in [6.07, 6.45) is 11.6. The van der Waals surface area contributed by atoms with Crippen molar-refractivity contribution in [2.45, 2.75) is 69.6 Å². The number of hydrogen-bond donors (Lipinski definition) is 3. The van der Waals surface area contributed by atoms with Crippen molar-refractivity contribution in [3.8, 4) is 0 Å². The molecule has 0 spiro atoms. The highest BCUT2D eigenvalue weighted by Crippen LogP contribution is 2.29. The lowest BCUT2D eigenvalue weighted by atomic mass is 9.94. The van der Waals surface area contributed by atoms with Crippen molar-refractivity contribution in [1.82, 2.24) is 20.2 Å². The Morgan fingerprint density at radius 3 is 2.82 bits per heavy atom. The summed E-state index contributed by atoms with van der Waals surface area (Å²) in [5.41, 5.74) is 0.461. The van der Waals surface area contributed by atoms with E-state index in [0.29, 0.717) is 22.0 Å². The molecule has 2 aliphatic rings. The third-order valence-corrected chi connectivity index (χ3v) is 6.46. The van der Waals surface area contributed by atoms with E-state index in [1.807, 2.05) is 10.8 Å². The molecule has 0 bridgehead atoms. The molecule has 1 saturated carbocycles. The average molecular weight is 405 g/mol. The Labute approximate surface area is 170 Å². The molecule has 1 aliphatic heterocycles. The molecular formula is C21H29ClN4O2. The van der Waals surface area contributed by atoms with Crippen LogP contribution in [0.15, 0.2) is 18.5 Å². The van der Waals surface area contributed by atoms with Gasteiger partial charge in [0.15, 0.2) is 0 Å². The average Bonchev–Trinajstić information content (AvgIpc) is 3.26. The second kappa shape index (κ2) is 8.39. The Balaban J connectivity index is 1.55. The highest BCUT2D eigenvalue weighted by molar-refractivity contribution is 6.36. The van der Waals surface area contributed by atoms with Crippen LogP contribution >= 0.6 is 11.6 Å². The number of amides is 1. The lowest BCUT2D eigenvalue weighted by Gasteiger charge is -2.26. The van der Waals surface area contributed by atoms with Gasteiger partial charge in [0.1, 0.15) is 5.65 Å². The number of aliphatic hydroxyl groups is 1. The second-order valence-corrected chi connectivity index (χ2v) is 8.71. The number of nitrogens with zero attached hydrogens (tertiary/aromatic N) is 2. The predicted octanol–water partition coefficient (Wildman–Crippen LogP) is 3.26. The van der Waals surface area contributed by atoms with E-state index in [-0.39, 0.29) is 12.5 Å². The van der Waals surface area contributed by atoms with Crippen LogP contribution in [0.2, 0.25) is 5.02 Å². The van der Waals surface area contributed by atoms with Crippen LogP contribution in [0.3, 0.4) is 0 Å². The Bertz CT molecular complexity index is 836. The number of aromatic nitrogens is 2. The molecule has 0 radical (unpaired) electrons. The molecular weight excluding hydrogens is 376 g/mol. The minimum absolute atomic E-state index is 0.198. The van der Waals surface area contributed by atoms with Gasteiger partial charge in [0.2, 0.25) is 0 Å². The largest absolute Gasteiger partial charge is 0.388 e. The van der Waals surface area contributed by atoms with Gasteiger partial charge in [-0.15, -0.1) is 0 Å². The van der Waals surface area contributed by atoms with Crippen molar-refractivity contribution in [2.24, 2.45) is 0 Å². The SMILES string of the molecule is O=C(NCC1(O)CCCCCC1)c1cn(C[C@@H]2CCCN2)c2nccc(Cl)c12. The minimum atomic E-state index is -0.805. The van der Waals surface area contributed by atoms with Gasteiger partial charge < -0.3 is 20.3 Å². The van der Waals surface area contributed by atoms with Crippen molar-refractivity contribution < 1.29 is 9.90 Å². The van der Waals surface area contributed by atoms with Gasteiger partial charge in [-0.05, 0) is 38.3 Å². The van der Waals surface area contributed by atoms with Crippen molar-refractivity contribution in [3.63, 3.8) is 0 Å².